The second-order valence-corrected chi connectivity index (χ2v) is 6.62. The maximum Gasteiger partial charge on any atom is 0.274 e. The van der Waals surface area contributed by atoms with E-state index < -0.39 is 0 Å². The Hall–Kier alpha value is -1.92. The molecule has 2 aromatic rings. The number of halogens is 1. The Bertz CT molecular complexity index is 726. The average Bonchev–Trinajstić information content (AvgIpc) is 3.33. The molecule has 1 amide bonds. The van der Waals surface area contributed by atoms with E-state index in [1.54, 1.807) is 10.7 Å². The SMILES string of the molecule is CCCc1c(C(=O)NC(CN)C2CC2)nnn1-c1cccc(Cl)c1. The van der Waals surface area contributed by atoms with Crippen LogP contribution in [0.4, 0.5) is 0 Å². The fourth-order valence-corrected chi connectivity index (χ4v) is 3.04. The monoisotopic (exact) mass is 347 g/mol. The van der Waals surface area contributed by atoms with Crippen molar-refractivity contribution < 1.29 is 4.79 Å². The van der Waals surface area contributed by atoms with E-state index in [4.69, 9.17) is 17.3 Å². The fraction of sp³-hybridized carbons (Fsp3) is 0.471. The summed E-state index contributed by atoms with van der Waals surface area (Å²) in [6.07, 6.45) is 3.84. The highest BCUT2D eigenvalue weighted by atomic mass is 35.5. The van der Waals surface area contributed by atoms with Crippen LogP contribution in [-0.2, 0) is 6.42 Å². The van der Waals surface area contributed by atoms with E-state index in [0.717, 1.165) is 30.6 Å². The molecule has 1 aliphatic rings. The van der Waals surface area contributed by atoms with E-state index in [1.165, 1.54) is 0 Å². The van der Waals surface area contributed by atoms with E-state index in [1.807, 2.05) is 18.2 Å². The highest BCUT2D eigenvalue weighted by Crippen LogP contribution is 2.32. The summed E-state index contributed by atoms with van der Waals surface area (Å²) in [5.74, 6) is 0.297. The third-order valence-electron chi connectivity index (χ3n) is 4.28. The van der Waals surface area contributed by atoms with Crippen molar-refractivity contribution in [3.63, 3.8) is 0 Å². The molecule has 1 unspecified atom stereocenters. The molecule has 3 rings (SSSR count). The van der Waals surface area contributed by atoms with Crippen LogP contribution in [0.1, 0.15) is 42.4 Å². The first-order valence-corrected chi connectivity index (χ1v) is 8.73. The molecule has 1 aromatic carbocycles. The third-order valence-corrected chi connectivity index (χ3v) is 4.51. The van der Waals surface area contributed by atoms with Gasteiger partial charge < -0.3 is 11.1 Å². The molecule has 6 nitrogen and oxygen atoms in total. The van der Waals surface area contributed by atoms with Gasteiger partial charge in [-0.2, -0.15) is 0 Å². The van der Waals surface area contributed by atoms with Gasteiger partial charge in [0.2, 0.25) is 0 Å². The number of amides is 1. The minimum absolute atomic E-state index is 0.0169. The molecule has 24 heavy (non-hydrogen) atoms. The Morgan fingerprint density at radius 1 is 1.50 bits per heavy atom. The van der Waals surface area contributed by atoms with Crippen LogP contribution in [0.3, 0.4) is 0 Å². The van der Waals surface area contributed by atoms with Crippen molar-refractivity contribution >= 4 is 17.5 Å². The average molecular weight is 348 g/mol. The zero-order chi connectivity index (χ0) is 17.1. The molecular weight excluding hydrogens is 326 g/mol. The molecule has 0 saturated heterocycles. The van der Waals surface area contributed by atoms with Crippen molar-refractivity contribution in [3.8, 4) is 5.69 Å². The van der Waals surface area contributed by atoms with Crippen LogP contribution < -0.4 is 11.1 Å². The highest BCUT2D eigenvalue weighted by Gasteiger charge is 2.32. The summed E-state index contributed by atoms with van der Waals surface area (Å²) in [4.78, 5) is 12.6. The van der Waals surface area contributed by atoms with Gasteiger partial charge >= 0.3 is 0 Å². The standard InChI is InChI=1S/C17H22ClN5O/c1-2-4-15-16(17(24)20-14(10-19)11-7-8-11)21-22-23(15)13-6-3-5-12(18)9-13/h3,5-6,9,11,14H,2,4,7-8,10,19H2,1H3,(H,20,24). The normalized spacial score (nSPS) is 15.3. The number of benzene rings is 1. The summed E-state index contributed by atoms with van der Waals surface area (Å²) >= 11 is 6.07. The second-order valence-electron chi connectivity index (χ2n) is 6.18. The topological polar surface area (TPSA) is 85.8 Å². The molecule has 0 aliphatic heterocycles. The van der Waals surface area contributed by atoms with Gasteiger partial charge in [-0.15, -0.1) is 5.10 Å². The molecule has 1 heterocycles. The van der Waals surface area contributed by atoms with Gasteiger partial charge in [-0.05, 0) is 43.4 Å². The van der Waals surface area contributed by atoms with E-state index in [2.05, 4.69) is 22.6 Å². The van der Waals surface area contributed by atoms with Crippen LogP contribution in [0.5, 0.6) is 0 Å². The molecule has 0 spiro atoms. The zero-order valence-electron chi connectivity index (χ0n) is 13.7. The van der Waals surface area contributed by atoms with Gasteiger partial charge in [0, 0.05) is 17.6 Å². The number of nitrogens with zero attached hydrogens (tertiary/aromatic N) is 3. The lowest BCUT2D eigenvalue weighted by Crippen LogP contribution is -2.42. The minimum Gasteiger partial charge on any atom is -0.346 e. The Balaban J connectivity index is 1.89. The Kier molecular flexibility index (Phi) is 5.16. The maximum atomic E-state index is 12.6. The fourth-order valence-electron chi connectivity index (χ4n) is 2.86. The van der Waals surface area contributed by atoms with Gasteiger partial charge in [0.1, 0.15) is 0 Å². The number of nitrogens with two attached hydrogens (primary N) is 1. The number of aromatic nitrogens is 3. The van der Waals surface area contributed by atoms with Gasteiger partial charge in [0.25, 0.3) is 5.91 Å². The van der Waals surface area contributed by atoms with E-state index >= 15 is 0 Å². The van der Waals surface area contributed by atoms with Crippen molar-refractivity contribution in [2.75, 3.05) is 6.54 Å². The number of hydrogen-bond acceptors (Lipinski definition) is 4. The van der Waals surface area contributed by atoms with Crippen LogP contribution >= 0.6 is 11.6 Å². The molecule has 0 radical (unpaired) electrons. The van der Waals surface area contributed by atoms with Crippen molar-refractivity contribution in [3.05, 3.63) is 40.7 Å². The summed E-state index contributed by atoms with van der Waals surface area (Å²) in [5.41, 5.74) is 7.75. The van der Waals surface area contributed by atoms with Crippen molar-refractivity contribution in [2.45, 2.75) is 38.6 Å². The quantitative estimate of drug-likeness (QED) is 0.805. The molecule has 3 N–H and O–H groups in total. The first-order valence-electron chi connectivity index (χ1n) is 8.35. The van der Waals surface area contributed by atoms with Gasteiger partial charge in [0.05, 0.1) is 11.4 Å². The number of carbonyl (C=O) groups excluding carboxylic acids is 1. The van der Waals surface area contributed by atoms with Gasteiger partial charge in [-0.1, -0.05) is 36.2 Å². The smallest absolute Gasteiger partial charge is 0.274 e. The van der Waals surface area contributed by atoms with Crippen LogP contribution in [-0.4, -0.2) is 33.5 Å². The molecule has 1 aliphatic carbocycles. The lowest BCUT2D eigenvalue weighted by molar-refractivity contribution is 0.0927. The van der Waals surface area contributed by atoms with Crippen molar-refractivity contribution in [1.29, 1.82) is 0 Å². The minimum atomic E-state index is -0.200. The van der Waals surface area contributed by atoms with Crippen LogP contribution in [0.15, 0.2) is 24.3 Å². The predicted octanol–water partition coefficient (Wildman–Crippen LogP) is 2.34. The first kappa shape index (κ1) is 16.9. The van der Waals surface area contributed by atoms with Gasteiger partial charge in [-0.25, -0.2) is 4.68 Å². The molecule has 1 saturated carbocycles. The first-order chi connectivity index (χ1) is 11.6. The van der Waals surface area contributed by atoms with Crippen LogP contribution in [0.2, 0.25) is 5.02 Å². The Morgan fingerprint density at radius 3 is 2.92 bits per heavy atom. The number of nitrogens with one attached hydrogen (secondary N) is 1. The molecule has 7 heteroatoms. The van der Waals surface area contributed by atoms with E-state index in [0.29, 0.717) is 29.6 Å². The molecule has 1 atom stereocenters. The van der Waals surface area contributed by atoms with Crippen molar-refractivity contribution in [2.24, 2.45) is 11.7 Å². The zero-order valence-corrected chi connectivity index (χ0v) is 14.5. The summed E-state index contributed by atoms with van der Waals surface area (Å²) in [5, 5.41) is 11.9. The lowest BCUT2D eigenvalue weighted by Gasteiger charge is -2.15. The van der Waals surface area contributed by atoms with E-state index in [9.17, 15) is 4.79 Å². The lowest BCUT2D eigenvalue weighted by atomic mass is 10.1. The maximum absolute atomic E-state index is 12.6. The summed E-state index contributed by atoms with van der Waals surface area (Å²) in [7, 11) is 0. The second kappa shape index (κ2) is 7.32. The summed E-state index contributed by atoms with van der Waals surface area (Å²) in [6.45, 7) is 2.51. The number of carbonyl (C=O) groups is 1. The van der Waals surface area contributed by atoms with E-state index in [-0.39, 0.29) is 11.9 Å². The number of hydrogen-bond donors (Lipinski definition) is 2. The van der Waals surface area contributed by atoms with Crippen LogP contribution in [0, 0.1) is 5.92 Å². The van der Waals surface area contributed by atoms with Crippen LogP contribution in [0.25, 0.3) is 5.69 Å². The Labute approximate surface area is 146 Å². The highest BCUT2D eigenvalue weighted by molar-refractivity contribution is 6.30. The molecule has 1 aromatic heterocycles. The number of rotatable bonds is 7. The van der Waals surface area contributed by atoms with Crippen molar-refractivity contribution in [1.82, 2.24) is 20.3 Å². The van der Waals surface area contributed by atoms with Gasteiger partial charge in [0.15, 0.2) is 5.69 Å². The molecule has 0 bridgehead atoms. The summed E-state index contributed by atoms with van der Waals surface area (Å²) in [6, 6.07) is 7.38. The summed E-state index contributed by atoms with van der Waals surface area (Å²) < 4.78 is 1.69. The largest absolute Gasteiger partial charge is 0.346 e. The third kappa shape index (κ3) is 3.60. The van der Waals surface area contributed by atoms with Gasteiger partial charge in [-0.3, -0.25) is 4.79 Å². The predicted molar refractivity (Wildman–Crippen MR) is 93.4 cm³/mol. The molecule has 128 valence electrons. The Morgan fingerprint density at radius 2 is 2.29 bits per heavy atom. The molecular formula is C17H22ClN5O. The molecule has 1 fully saturated rings.